The fraction of sp³-hybridized carbons (Fsp3) is 0.462. The second-order valence-corrected chi connectivity index (χ2v) is 5.45. The Labute approximate surface area is 116 Å². The number of hydrogen-bond donors (Lipinski definition) is 0. The fourth-order valence-corrected chi connectivity index (χ4v) is 2.33. The number of hydrogen-bond acceptors (Lipinski definition) is 1. The lowest BCUT2D eigenvalue weighted by Gasteiger charge is -2.20. The van der Waals surface area contributed by atoms with Crippen LogP contribution in [0.1, 0.15) is 32.6 Å². The van der Waals surface area contributed by atoms with E-state index in [1.807, 2.05) is 4.57 Å². The van der Waals surface area contributed by atoms with E-state index in [0.717, 1.165) is 11.3 Å². The first-order chi connectivity index (χ1) is 8.45. The highest BCUT2D eigenvalue weighted by atomic mass is 35.5. The number of fused-ring (bicyclic) bond motifs is 1. The fourth-order valence-electron chi connectivity index (χ4n) is 1.99. The summed E-state index contributed by atoms with van der Waals surface area (Å²) in [6.07, 6.45) is 0. The van der Waals surface area contributed by atoms with Gasteiger partial charge in [-0.15, -0.1) is 11.6 Å². The molecule has 0 radical (unpaired) electrons. The van der Waals surface area contributed by atoms with Crippen molar-refractivity contribution in [3.63, 3.8) is 0 Å². The standard InChI is InChI=1S/C13H15Cl2FN2/c1-7(2)8(3)18-12-5-10(16)9(15)4-11(12)17-13(18)6-14/h4-5,7-8H,6H2,1-3H3. The summed E-state index contributed by atoms with van der Waals surface area (Å²) in [4.78, 5) is 4.42. The van der Waals surface area contributed by atoms with Gasteiger partial charge in [-0.25, -0.2) is 9.37 Å². The number of aromatic nitrogens is 2. The van der Waals surface area contributed by atoms with Gasteiger partial charge in [0, 0.05) is 12.1 Å². The molecule has 0 bridgehead atoms. The lowest BCUT2D eigenvalue weighted by Crippen LogP contribution is -2.14. The van der Waals surface area contributed by atoms with E-state index in [1.54, 1.807) is 6.07 Å². The molecule has 0 N–H and O–H groups in total. The Morgan fingerprint density at radius 3 is 2.56 bits per heavy atom. The highest BCUT2D eigenvalue weighted by molar-refractivity contribution is 6.31. The van der Waals surface area contributed by atoms with Crippen molar-refractivity contribution >= 4 is 34.2 Å². The van der Waals surface area contributed by atoms with Crippen LogP contribution in [0.5, 0.6) is 0 Å². The highest BCUT2D eigenvalue weighted by Crippen LogP contribution is 2.29. The second-order valence-electron chi connectivity index (χ2n) is 4.77. The Bertz CT molecular complexity index is 578. The maximum absolute atomic E-state index is 13.6. The molecule has 2 rings (SSSR count). The average molecular weight is 289 g/mol. The van der Waals surface area contributed by atoms with Crippen LogP contribution in [0.15, 0.2) is 12.1 Å². The first-order valence-corrected chi connectivity index (χ1v) is 6.78. The van der Waals surface area contributed by atoms with Crippen LogP contribution in [0, 0.1) is 11.7 Å². The maximum atomic E-state index is 13.6. The molecule has 0 amide bonds. The summed E-state index contributed by atoms with van der Waals surface area (Å²) in [6, 6.07) is 3.18. The molecule has 1 aromatic heterocycles. The molecule has 1 atom stereocenters. The number of benzene rings is 1. The van der Waals surface area contributed by atoms with E-state index in [4.69, 9.17) is 23.2 Å². The zero-order valence-electron chi connectivity index (χ0n) is 10.5. The van der Waals surface area contributed by atoms with Crippen molar-refractivity contribution < 1.29 is 4.39 Å². The molecule has 0 aliphatic carbocycles. The third-order valence-electron chi connectivity index (χ3n) is 3.30. The Morgan fingerprint density at radius 2 is 2.00 bits per heavy atom. The Kier molecular flexibility index (Phi) is 3.83. The minimum Gasteiger partial charge on any atom is -0.324 e. The van der Waals surface area contributed by atoms with Gasteiger partial charge in [-0.05, 0) is 18.9 Å². The second kappa shape index (κ2) is 5.06. The molecule has 1 unspecified atom stereocenters. The third kappa shape index (κ3) is 2.21. The van der Waals surface area contributed by atoms with Gasteiger partial charge in [0.15, 0.2) is 0 Å². The molecule has 0 spiro atoms. The topological polar surface area (TPSA) is 17.8 Å². The van der Waals surface area contributed by atoms with Crippen LogP contribution in [0.25, 0.3) is 11.0 Å². The van der Waals surface area contributed by atoms with Crippen molar-refractivity contribution in [2.75, 3.05) is 0 Å². The van der Waals surface area contributed by atoms with Gasteiger partial charge in [0.2, 0.25) is 0 Å². The molecule has 0 saturated carbocycles. The molecule has 0 fully saturated rings. The largest absolute Gasteiger partial charge is 0.324 e. The van der Waals surface area contributed by atoms with Gasteiger partial charge in [0.1, 0.15) is 11.6 Å². The van der Waals surface area contributed by atoms with Crippen molar-refractivity contribution in [3.05, 3.63) is 28.8 Å². The molecule has 18 heavy (non-hydrogen) atoms. The Morgan fingerprint density at radius 1 is 1.33 bits per heavy atom. The molecule has 5 heteroatoms. The smallest absolute Gasteiger partial charge is 0.144 e. The number of rotatable bonds is 3. The minimum atomic E-state index is -0.428. The van der Waals surface area contributed by atoms with Gasteiger partial charge in [-0.3, -0.25) is 0 Å². The summed E-state index contributed by atoms with van der Waals surface area (Å²) in [5.74, 6) is 1.02. The molecule has 2 aromatic rings. The summed E-state index contributed by atoms with van der Waals surface area (Å²) in [6.45, 7) is 6.30. The lowest BCUT2D eigenvalue weighted by molar-refractivity contribution is 0.409. The number of nitrogens with zero attached hydrogens (tertiary/aromatic N) is 2. The third-order valence-corrected chi connectivity index (χ3v) is 3.82. The van der Waals surface area contributed by atoms with Crippen LogP contribution < -0.4 is 0 Å². The molecule has 98 valence electrons. The van der Waals surface area contributed by atoms with E-state index < -0.39 is 5.82 Å². The zero-order chi connectivity index (χ0) is 13.4. The van der Waals surface area contributed by atoms with E-state index in [0.29, 0.717) is 17.3 Å². The highest BCUT2D eigenvalue weighted by Gasteiger charge is 2.19. The SMILES string of the molecule is CC(C)C(C)n1c(CCl)nc2cc(Cl)c(F)cc21. The first-order valence-electron chi connectivity index (χ1n) is 5.87. The van der Waals surface area contributed by atoms with E-state index in [9.17, 15) is 4.39 Å². The summed E-state index contributed by atoms with van der Waals surface area (Å²) >= 11 is 11.7. The van der Waals surface area contributed by atoms with Crippen LogP contribution in [0.4, 0.5) is 4.39 Å². The van der Waals surface area contributed by atoms with E-state index in [1.165, 1.54) is 6.07 Å². The van der Waals surface area contributed by atoms with Gasteiger partial charge in [0.05, 0.1) is 21.9 Å². The van der Waals surface area contributed by atoms with Crippen LogP contribution in [0.2, 0.25) is 5.02 Å². The molecule has 0 saturated heterocycles. The van der Waals surface area contributed by atoms with Crippen molar-refractivity contribution in [2.45, 2.75) is 32.7 Å². The minimum absolute atomic E-state index is 0.0884. The predicted molar refractivity (Wildman–Crippen MR) is 73.8 cm³/mol. The first kappa shape index (κ1) is 13.6. The summed E-state index contributed by atoms with van der Waals surface area (Å²) < 4.78 is 15.6. The van der Waals surface area contributed by atoms with Crippen LogP contribution in [0.3, 0.4) is 0 Å². The van der Waals surface area contributed by atoms with Crippen LogP contribution >= 0.6 is 23.2 Å². The maximum Gasteiger partial charge on any atom is 0.144 e. The molecule has 0 aliphatic heterocycles. The van der Waals surface area contributed by atoms with Crippen LogP contribution in [-0.2, 0) is 5.88 Å². The summed E-state index contributed by atoms with van der Waals surface area (Å²) in [5.41, 5.74) is 1.43. The van der Waals surface area contributed by atoms with Crippen molar-refractivity contribution in [1.29, 1.82) is 0 Å². The molecule has 1 heterocycles. The van der Waals surface area contributed by atoms with Crippen LogP contribution in [-0.4, -0.2) is 9.55 Å². The van der Waals surface area contributed by atoms with Crippen molar-refractivity contribution in [2.24, 2.45) is 5.92 Å². The van der Waals surface area contributed by atoms with Gasteiger partial charge in [-0.1, -0.05) is 25.4 Å². The monoisotopic (exact) mass is 288 g/mol. The Balaban J connectivity index is 2.72. The number of halogens is 3. The summed E-state index contributed by atoms with van der Waals surface area (Å²) in [7, 11) is 0. The van der Waals surface area contributed by atoms with Crippen molar-refractivity contribution in [1.82, 2.24) is 9.55 Å². The van der Waals surface area contributed by atoms with E-state index in [2.05, 4.69) is 25.8 Å². The molecular weight excluding hydrogens is 274 g/mol. The summed E-state index contributed by atoms with van der Waals surface area (Å²) in [5, 5.41) is 0.0884. The predicted octanol–water partition coefficient (Wildman–Crippen LogP) is 4.78. The number of alkyl halides is 1. The average Bonchev–Trinajstić information content (AvgIpc) is 2.66. The van der Waals surface area contributed by atoms with Gasteiger partial charge in [-0.2, -0.15) is 0 Å². The Hall–Kier alpha value is -0.800. The van der Waals surface area contributed by atoms with Gasteiger partial charge < -0.3 is 4.57 Å². The van der Waals surface area contributed by atoms with E-state index >= 15 is 0 Å². The molecule has 0 aliphatic rings. The normalized spacial score (nSPS) is 13.5. The molecule has 1 aromatic carbocycles. The lowest BCUT2D eigenvalue weighted by atomic mass is 10.1. The van der Waals surface area contributed by atoms with E-state index in [-0.39, 0.29) is 11.1 Å². The van der Waals surface area contributed by atoms with Gasteiger partial charge >= 0.3 is 0 Å². The molecule has 2 nitrogen and oxygen atoms in total. The molecular formula is C13H15Cl2FN2. The quantitative estimate of drug-likeness (QED) is 0.743. The van der Waals surface area contributed by atoms with Crippen molar-refractivity contribution in [3.8, 4) is 0 Å². The zero-order valence-corrected chi connectivity index (χ0v) is 12.1. The van der Waals surface area contributed by atoms with Gasteiger partial charge in [0.25, 0.3) is 0 Å². The number of imidazole rings is 1.